The number of likely N-dealkylation sites (N-methyl/N-ethyl adjacent to an activating group) is 1. The van der Waals surface area contributed by atoms with E-state index in [2.05, 4.69) is 0 Å². The van der Waals surface area contributed by atoms with Crippen LogP contribution < -0.4 is 0 Å². The highest BCUT2D eigenvalue weighted by molar-refractivity contribution is 5.99. The third-order valence-electron chi connectivity index (χ3n) is 1.81. The molecular formula is C11H19NO3. The molecule has 0 radical (unpaired) electrons. The number of carbonyl (C=O) groups is 2. The van der Waals surface area contributed by atoms with Crippen LogP contribution in [0.25, 0.3) is 0 Å². The number of hydrogen-bond donors (Lipinski definition) is 0. The zero-order valence-electron chi connectivity index (χ0n) is 10.0. The first-order chi connectivity index (χ1) is 6.90. The lowest BCUT2D eigenvalue weighted by Gasteiger charge is -2.15. The van der Waals surface area contributed by atoms with Crippen LogP contribution in [-0.4, -0.2) is 37.4 Å². The minimum absolute atomic E-state index is 0.0771. The Morgan fingerprint density at radius 2 is 1.87 bits per heavy atom. The second-order valence-electron chi connectivity index (χ2n) is 3.70. The molecule has 15 heavy (non-hydrogen) atoms. The Morgan fingerprint density at radius 3 is 2.20 bits per heavy atom. The highest BCUT2D eigenvalue weighted by Crippen LogP contribution is 2.05. The number of esters is 1. The molecule has 0 N–H and O–H groups in total. The van der Waals surface area contributed by atoms with Gasteiger partial charge in [-0.2, -0.15) is 0 Å². The zero-order valence-corrected chi connectivity index (χ0v) is 10.0. The van der Waals surface area contributed by atoms with Gasteiger partial charge in [0.05, 0.1) is 6.61 Å². The van der Waals surface area contributed by atoms with Crippen molar-refractivity contribution in [3.63, 3.8) is 0 Å². The number of carbonyl (C=O) groups excluding carboxylic acids is 2. The molecule has 0 aliphatic carbocycles. The monoisotopic (exact) mass is 213 g/mol. The average molecular weight is 213 g/mol. The van der Waals surface area contributed by atoms with E-state index >= 15 is 0 Å². The van der Waals surface area contributed by atoms with Gasteiger partial charge in [-0.05, 0) is 6.92 Å². The van der Waals surface area contributed by atoms with E-state index < -0.39 is 5.97 Å². The molecule has 0 heterocycles. The molecule has 0 fully saturated rings. The molecule has 0 bridgehead atoms. The molecule has 0 spiro atoms. The van der Waals surface area contributed by atoms with E-state index in [4.69, 9.17) is 4.74 Å². The van der Waals surface area contributed by atoms with Crippen molar-refractivity contribution in [2.24, 2.45) is 5.92 Å². The smallest absolute Gasteiger partial charge is 0.354 e. The van der Waals surface area contributed by atoms with Crippen LogP contribution in [0, 0.1) is 5.92 Å². The zero-order chi connectivity index (χ0) is 12.0. The summed E-state index contributed by atoms with van der Waals surface area (Å²) in [5.74, 6) is -0.655. The first-order valence-corrected chi connectivity index (χ1v) is 5.00. The van der Waals surface area contributed by atoms with E-state index in [9.17, 15) is 9.59 Å². The van der Waals surface area contributed by atoms with Gasteiger partial charge in [0.15, 0.2) is 5.78 Å². The van der Waals surface area contributed by atoms with Crippen LogP contribution in [0.4, 0.5) is 0 Å². The molecule has 0 aromatic carbocycles. The fourth-order valence-corrected chi connectivity index (χ4v) is 0.877. The van der Waals surface area contributed by atoms with E-state index in [1.54, 1.807) is 39.8 Å². The van der Waals surface area contributed by atoms with Gasteiger partial charge in [0.2, 0.25) is 0 Å². The van der Waals surface area contributed by atoms with Gasteiger partial charge in [-0.3, -0.25) is 4.79 Å². The molecule has 0 atom stereocenters. The fourth-order valence-electron chi connectivity index (χ4n) is 0.877. The molecule has 86 valence electrons. The maximum atomic E-state index is 11.5. The standard InChI is InChI=1S/C11H19NO3/c1-6-15-11(14)9(12(4)5)7-10(13)8(2)3/h7-8H,6H2,1-5H3. The van der Waals surface area contributed by atoms with Crippen LogP contribution >= 0.6 is 0 Å². The Labute approximate surface area is 90.9 Å². The van der Waals surface area contributed by atoms with Crippen molar-refractivity contribution in [3.8, 4) is 0 Å². The van der Waals surface area contributed by atoms with Gasteiger partial charge in [0, 0.05) is 26.1 Å². The highest BCUT2D eigenvalue weighted by Gasteiger charge is 2.15. The Morgan fingerprint density at radius 1 is 1.33 bits per heavy atom. The van der Waals surface area contributed by atoms with Crippen molar-refractivity contribution in [1.82, 2.24) is 4.90 Å². The number of hydrogen-bond acceptors (Lipinski definition) is 4. The molecule has 0 amide bonds. The first-order valence-electron chi connectivity index (χ1n) is 5.00. The van der Waals surface area contributed by atoms with E-state index in [-0.39, 0.29) is 17.4 Å². The minimum atomic E-state index is -0.462. The van der Waals surface area contributed by atoms with Crippen LogP contribution in [-0.2, 0) is 14.3 Å². The summed E-state index contributed by atoms with van der Waals surface area (Å²) in [5, 5.41) is 0. The summed E-state index contributed by atoms with van der Waals surface area (Å²) in [7, 11) is 3.41. The summed E-state index contributed by atoms with van der Waals surface area (Å²) in [6, 6.07) is 0. The second-order valence-corrected chi connectivity index (χ2v) is 3.70. The number of nitrogens with zero attached hydrogens (tertiary/aromatic N) is 1. The summed E-state index contributed by atoms with van der Waals surface area (Å²) in [6.07, 6.45) is 1.34. The number of allylic oxidation sites excluding steroid dienone is 1. The quantitative estimate of drug-likeness (QED) is 0.509. The van der Waals surface area contributed by atoms with Gasteiger partial charge in [-0.25, -0.2) is 4.79 Å². The summed E-state index contributed by atoms with van der Waals surface area (Å²) in [5.41, 5.74) is 0.288. The molecule has 0 aliphatic heterocycles. The first kappa shape index (κ1) is 13.7. The van der Waals surface area contributed by atoms with Gasteiger partial charge in [-0.1, -0.05) is 13.8 Å². The van der Waals surface area contributed by atoms with Crippen LogP contribution in [0.2, 0.25) is 0 Å². The van der Waals surface area contributed by atoms with Crippen molar-refractivity contribution in [1.29, 1.82) is 0 Å². The lowest BCUT2D eigenvalue weighted by Crippen LogP contribution is -2.23. The predicted molar refractivity (Wildman–Crippen MR) is 58.2 cm³/mol. The summed E-state index contributed by atoms with van der Waals surface area (Å²) >= 11 is 0. The van der Waals surface area contributed by atoms with Crippen molar-refractivity contribution in [2.45, 2.75) is 20.8 Å². The van der Waals surface area contributed by atoms with Gasteiger partial charge in [0.1, 0.15) is 5.70 Å². The second kappa shape index (κ2) is 6.22. The Hall–Kier alpha value is -1.32. The molecule has 0 rings (SSSR count). The Bertz CT molecular complexity index is 267. The topological polar surface area (TPSA) is 46.6 Å². The molecule has 0 aromatic rings. The molecule has 0 saturated heterocycles. The van der Waals surface area contributed by atoms with Crippen molar-refractivity contribution < 1.29 is 14.3 Å². The number of ether oxygens (including phenoxy) is 1. The predicted octanol–water partition coefficient (Wildman–Crippen LogP) is 1.22. The van der Waals surface area contributed by atoms with Crippen molar-refractivity contribution >= 4 is 11.8 Å². The van der Waals surface area contributed by atoms with Crippen LogP contribution in [0.3, 0.4) is 0 Å². The lowest BCUT2D eigenvalue weighted by molar-refractivity contribution is -0.140. The summed E-state index contributed by atoms with van der Waals surface area (Å²) in [4.78, 5) is 24.5. The maximum absolute atomic E-state index is 11.5. The number of ketones is 1. The van der Waals surface area contributed by atoms with E-state index in [1.165, 1.54) is 6.08 Å². The van der Waals surface area contributed by atoms with Crippen LogP contribution in [0.5, 0.6) is 0 Å². The van der Waals surface area contributed by atoms with Crippen LogP contribution in [0.1, 0.15) is 20.8 Å². The van der Waals surface area contributed by atoms with E-state index in [0.717, 1.165) is 0 Å². The normalized spacial score (nSPS) is 11.5. The van der Waals surface area contributed by atoms with Crippen LogP contribution in [0.15, 0.2) is 11.8 Å². The molecule has 4 heteroatoms. The lowest BCUT2D eigenvalue weighted by atomic mass is 10.1. The SMILES string of the molecule is CCOC(=O)C(=CC(=O)C(C)C)N(C)C. The minimum Gasteiger partial charge on any atom is -0.461 e. The maximum Gasteiger partial charge on any atom is 0.354 e. The van der Waals surface area contributed by atoms with Gasteiger partial charge < -0.3 is 9.64 Å². The van der Waals surface area contributed by atoms with Gasteiger partial charge >= 0.3 is 5.97 Å². The molecule has 4 nitrogen and oxygen atoms in total. The summed E-state index contributed by atoms with van der Waals surface area (Å²) in [6.45, 7) is 5.61. The van der Waals surface area contributed by atoms with E-state index in [1.807, 2.05) is 0 Å². The largest absolute Gasteiger partial charge is 0.461 e. The van der Waals surface area contributed by atoms with Crippen molar-refractivity contribution in [2.75, 3.05) is 20.7 Å². The molecule has 0 unspecified atom stereocenters. The highest BCUT2D eigenvalue weighted by atomic mass is 16.5. The van der Waals surface area contributed by atoms with Crippen molar-refractivity contribution in [3.05, 3.63) is 11.8 Å². The third kappa shape index (κ3) is 4.63. The van der Waals surface area contributed by atoms with Gasteiger partial charge in [0.25, 0.3) is 0 Å². The summed E-state index contributed by atoms with van der Waals surface area (Å²) < 4.78 is 4.84. The molecule has 0 aliphatic rings. The molecule has 0 aromatic heterocycles. The molecule has 0 saturated carbocycles. The van der Waals surface area contributed by atoms with E-state index in [0.29, 0.717) is 6.61 Å². The third-order valence-corrected chi connectivity index (χ3v) is 1.81. The fraction of sp³-hybridized carbons (Fsp3) is 0.636. The molecular weight excluding hydrogens is 194 g/mol. The Kier molecular flexibility index (Phi) is 5.67. The van der Waals surface area contributed by atoms with Gasteiger partial charge in [-0.15, -0.1) is 0 Å². The number of rotatable bonds is 5. The Balaban J connectivity index is 4.81. The average Bonchev–Trinajstić information content (AvgIpc) is 2.13.